The minimum atomic E-state index is -0.275. The van der Waals surface area contributed by atoms with E-state index in [0.717, 1.165) is 5.69 Å². The second-order valence-electron chi connectivity index (χ2n) is 5.30. The molecule has 0 saturated carbocycles. The first-order valence-electron chi connectivity index (χ1n) is 7.55. The first-order chi connectivity index (χ1) is 12.2. The number of nitrogens with one attached hydrogen (secondary N) is 2. The Morgan fingerprint density at radius 3 is 2.80 bits per heavy atom. The molecule has 9 heteroatoms. The van der Waals surface area contributed by atoms with Gasteiger partial charge in [-0.05, 0) is 18.2 Å². The minimum Gasteiger partial charge on any atom is -0.384 e. The number of aromatic nitrogens is 6. The lowest BCUT2D eigenvalue weighted by atomic mass is 10.3. The van der Waals surface area contributed by atoms with Crippen LogP contribution in [-0.4, -0.2) is 29.7 Å². The molecule has 25 heavy (non-hydrogen) atoms. The van der Waals surface area contributed by atoms with Crippen molar-refractivity contribution in [1.29, 1.82) is 0 Å². The lowest BCUT2D eigenvalue weighted by Gasteiger charge is -2.06. The van der Waals surface area contributed by atoms with Crippen molar-refractivity contribution in [2.75, 3.05) is 11.1 Å². The predicted octanol–water partition coefficient (Wildman–Crippen LogP) is 1.09. The molecule has 3 aromatic heterocycles. The molecule has 0 aliphatic heterocycles. The van der Waals surface area contributed by atoms with Crippen molar-refractivity contribution in [3.05, 3.63) is 65.0 Å². The van der Waals surface area contributed by atoms with Gasteiger partial charge in [-0.25, -0.2) is 14.6 Å². The fourth-order valence-corrected chi connectivity index (χ4v) is 2.42. The fourth-order valence-electron chi connectivity index (χ4n) is 2.42. The highest BCUT2D eigenvalue weighted by Crippen LogP contribution is 2.14. The van der Waals surface area contributed by atoms with Gasteiger partial charge in [-0.1, -0.05) is 18.2 Å². The van der Waals surface area contributed by atoms with E-state index in [9.17, 15) is 4.79 Å². The van der Waals surface area contributed by atoms with Gasteiger partial charge in [-0.2, -0.15) is 10.1 Å². The summed E-state index contributed by atoms with van der Waals surface area (Å²) in [6, 6.07) is 11.1. The number of nitrogens with zero attached hydrogens (tertiary/aromatic N) is 5. The summed E-state index contributed by atoms with van der Waals surface area (Å²) in [5, 5.41) is 7.68. The van der Waals surface area contributed by atoms with Crippen molar-refractivity contribution >= 4 is 22.8 Å². The number of fused-ring (bicyclic) bond motifs is 1. The standard InChI is InChI=1S/C16H14N8O/c17-12-6-7-18-13(21-12)9-19-16-22-14-11(15(25)23-16)8-20-24(14)10-4-2-1-3-5-10/h1-8H,9H2,(H2,17,18,21)(H2,19,22,23,25). The molecule has 0 atom stereocenters. The van der Waals surface area contributed by atoms with Gasteiger partial charge in [0.05, 0.1) is 18.4 Å². The van der Waals surface area contributed by atoms with E-state index in [1.54, 1.807) is 16.9 Å². The summed E-state index contributed by atoms with van der Waals surface area (Å²) in [4.78, 5) is 27.6. The van der Waals surface area contributed by atoms with Crippen LogP contribution in [0.3, 0.4) is 0 Å². The van der Waals surface area contributed by atoms with Crippen LogP contribution in [0, 0.1) is 0 Å². The Labute approximate surface area is 141 Å². The van der Waals surface area contributed by atoms with Crippen LogP contribution >= 0.6 is 0 Å². The zero-order valence-electron chi connectivity index (χ0n) is 13.0. The monoisotopic (exact) mass is 334 g/mol. The normalized spacial score (nSPS) is 10.9. The van der Waals surface area contributed by atoms with Crippen molar-refractivity contribution in [3.8, 4) is 5.69 Å². The fraction of sp³-hybridized carbons (Fsp3) is 0.0625. The Kier molecular flexibility index (Phi) is 3.58. The average molecular weight is 334 g/mol. The Balaban J connectivity index is 1.70. The van der Waals surface area contributed by atoms with Crippen LogP contribution in [0.5, 0.6) is 0 Å². The summed E-state index contributed by atoms with van der Waals surface area (Å²) in [7, 11) is 0. The SMILES string of the molecule is Nc1ccnc(CNc2nc3c(cnn3-c3ccccc3)c(=O)[nH]2)n1. The van der Waals surface area contributed by atoms with Crippen LogP contribution in [0.2, 0.25) is 0 Å². The average Bonchev–Trinajstić information content (AvgIpc) is 3.05. The third-order valence-electron chi connectivity index (χ3n) is 3.58. The van der Waals surface area contributed by atoms with E-state index in [2.05, 4.69) is 30.4 Å². The van der Waals surface area contributed by atoms with E-state index < -0.39 is 0 Å². The Hall–Kier alpha value is -3.75. The smallest absolute Gasteiger partial charge is 0.263 e. The van der Waals surface area contributed by atoms with Gasteiger partial charge in [0.1, 0.15) is 17.0 Å². The first kappa shape index (κ1) is 14.8. The van der Waals surface area contributed by atoms with Crippen LogP contribution in [0.25, 0.3) is 16.7 Å². The van der Waals surface area contributed by atoms with Gasteiger partial charge in [0.15, 0.2) is 5.65 Å². The summed E-state index contributed by atoms with van der Waals surface area (Å²) >= 11 is 0. The lowest BCUT2D eigenvalue weighted by molar-refractivity contribution is 0.889. The maximum atomic E-state index is 12.3. The summed E-state index contributed by atoms with van der Waals surface area (Å²) in [6.45, 7) is 0.277. The molecule has 0 amide bonds. The Morgan fingerprint density at radius 1 is 1.16 bits per heavy atom. The molecule has 0 aliphatic rings. The van der Waals surface area contributed by atoms with Gasteiger partial charge in [-0.15, -0.1) is 0 Å². The van der Waals surface area contributed by atoms with Crippen LogP contribution in [0.4, 0.5) is 11.8 Å². The van der Waals surface area contributed by atoms with Crippen molar-refractivity contribution in [2.24, 2.45) is 0 Å². The highest BCUT2D eigenvalue weighted by atomic mass is 16.1. The zero-order valence-corrected chi connectivity index (χ0v) is 13.0. The summed E-state index contributed by atoms with van der Waals surface area (Å²) < 4.78 is 1.62. The van der Waals surface area contributed by atoms with E-state index in [0.29, 0.717) is 28.6 Å². The van der Waals surface area contributed by atoms with Crippen LogP contribution < -0.4 is 16.6 Å². The van der Waals surface area contributed by atoms with Crippen LogP contribution in [0.1, 0.15) is 5.82 Å². The molecule has 124 valence electrons. The molecule has 4 N–H and O–H groups in total. The van der Waals surface area contributed by atoms with Crippen molar-refractivity contribution in [1.82, 2.24) is 29.7 Å². The molecular formula is C16H14N8O. The van der Waals surface area contributed by atoms with E-state index in [1.165, 1.54) is 6.20 Å². The largest absolute Gasteiger partial charge is 0.384 e. The molecule has 0 fully saturated rings. The van der Waals surface area contributed by atoms with Crippen molar-refractivity contribution in [2.45, 2.75) is 6.54 Å². The van der Waals surface area contributed by atoms with Gasteiger partial charge in [0, 0.05) is 6.20 Å². The summed E-state index contributed by atoms with van der Waals surface area (Å²) in [5.74, 6) is 1.19. The maximum Gasteiger partial charge on any atom is 0.263 e. The number of hydrogen-bond donors (Lipinski definition) is 3. The second-order valence-corrected chi connectivity index (χ2v) is 5.30. The zero-order chi connectivity index (χ0) is 17.2. The third-order valence-corrected chi connectivity index (χ3v) is 3.58. The lowest BCUT2D eigenvalue weighted by Crippen LogP contribution is -2.14. The molecule has 0 saturated heterocycles. The highest BCUT2D eigenvalue weighted by molar-refractivity contribution is 5.76. The molecule has 0 bridgehead atoms. The number of para-hydroxylation sites is 1. The molecular weight excluding hydrogens is 320 g/mol. The molecule has 0 unspecified atom stereocenters. The Bertz CT molecular complexity index is 1090. The van der Waals surface area contributed by atoms with Gasteiger partial charge in [-0.3, -0.25) is 9.78 Å². The molecule has 9 nitrogen and oxygen atoms in total. The Morgan fingerprint density at radius 2 is 2.00 bits per heavy atom. The molecule has 1 aromatic carbocycles. The number of aromatic amines is 1. The summed E-state index contributed by atoms with van der Waals surface area (Å²) in [6.07, 6.45) is 3.07. The second kappa shape index (κ2) is 6.04. The van der Waals surface area contributed by atoms with Gasteiger partial charge < -0.3 is 11.1 Å². The minimum absolute atomic E-state index is 0.275. The van der Waals surface area contributed by atoms with Crippen LogP contribution in [0.15, 0.2) is 53.6 Å². The van der Waals surface area contributed by atoms with Gasteiger partial charge in [0.2, 0.25) is 5.95 Å². The van der Waals surface area contributed by atoms with Gasteiger partial charge in [0.25, 0.3) is 5.56 Å². The van der Waals surface area contributed by atoms with Crippen LogP contribution in [-0.2, 0) is 6.54 Å². The van der Waals surface area contributed by atoms with E-state index in [1.807, 2.05) is 30.3 Å². The van der Waals surface area contributed by atoms with E-state index >= 15 is 0 Å². The number of benzene rings is 1. The predicted molar refractivity (Wildman–Crippen MR) is 93.3 cm³/mol. The molecule has 0 radical (unpaired) electrons. The first-order valence-corrected chi connectivity index (χ1v) is 7.55. The number of hydrogen-bond acceptors (Lipinski definition) is 7. The topological polar surface area (TPSA) is 127 Å². The number of nitrogens with two attached hydrogens (primary N) is 1. The molecule has 0 spiro atoms. The molecule has 4 rings (SSSR count). The number of rotatable bonds is 4. The van der Waals surface area contributed by atoms with E-state index in [-0.39, 0.29) is 12.1 Å². The molecule has 0 aliphatic carbocycles. The van der Waals surface area contributed by atoms with Crippen molar-refractivity contribution in [3.63, 3.8) is 0 Å². The molecule has 3 heterocycles. The molecule has 4 aromatic rings. The van der Waals surface area contributed by atoms with Crippen molar-refractivity contribution < 1.29 is 0 Å². The van der Waals surface area contributed by atoms with Gasteiger partial charge >= 0.3 is 0 Å². The maximum absolute atomic E-state index is 12.3. The quantitative estimate of drug-likeness (QED) is 0.510. The number of H-pyrrole nitrogens is 1. The summed E-state index contributed by atoms with van der Waals surface area (Å²) in [5.41, 5.74) is 6.64. The van der Waals surface area contributed by atoms with E-state index in [4.69, 9.17) is 5.73 Å². The number of anilines is 2. The number of nitrogen functional groups attached to an aromatic ring is 1. The third kappa shape index (κ3) is 2.90. The highest BCUT2D eigenvalue weighted by Gasteiger charge is 2.11.